The number of carbonyl (C=O) groups excluding carboxylic acids is 1. The molecule has 1 N–H and O–H groups in total. The highest BCUT2D eigenvalue weighted by atomic mass is 19.1. The van der Waals surface area contributed by atoms with Gasteiger partial charge in [-0.3, -0.25) is 4.79 Å². The van der Waals surface area contributed by atoms with Crippen LogP contribution in [0, 0.1) is 11.6 Å². The van der Waals surface area contributed by atoms with E-state index in [2.05, 4.69) is 20.3 Å². The van der Waals surface area contributed by atoms with Crippen molar-refractivity contribution in [3.63, 3.8) is 0 Å². The molecule has 3 rings (SSSR count). The van der Waals surface area contributed by atoms with E-state index in [9.17, 15) is 13.6 Å². The van der Waals surface area contributed by atoms with Crippen molar-refractivity contribution in [2.24, 2.45) is 0 Å². The van der Waals surface area contributed by atoms with Crippen LogP contribution in [0.5, 0.6) is 6.01 Å². The van der Waals surface area contributed by atoms with Crippen molar-refractivity contribution in [3.8, 4) is 6.01 Å². The van der Waals surface area contributed by atoms with E-state index in [1.54, 1.807) is 0 Å². The smallest absolute Gasteiger partial charge is 0.321 e. The lowest BCUT2D eigenvalue weighted by molar-refractivity contribution is 0.0941. The van der Waals surface area contributed by atoms with Crippen LogP contribution in [-0.2, 0) is 6.54 Å². The standard InChI is InChI=1S/C17H19F2N5O2/c1-26-17-22-13(21-16(23-17)24-8-3-2-4-9-24)10-20-15(25)14-11(18)6-5-7-12(14)19/h5-7H,2-4,8-10H2,1H3,(H,20,25). The molecular formula is C17H19F2N5O2. The summed E-state index contributed by atoms with van der Waals surface area (Å²) in [7, 11) is 1.44. The zero-order valence-electron chi connectivity index (χ0n) is 14.3. The van der Waals surface area contributed by atoms with E-state index in [-0.39, 0.29) is 18.4 Å². The Bertz CT molecular complexity index is 776. The number of rotatable bonds is 5. The number of nitrogens with zero attached hydrogens (tertiary/aromatic N) is 4. The molecule has 0 radical (unpaired) electrons. The van der Waals surface area contributed by atoms with E-state index in [1.807, 2.05) is 4.90 Å². The summed E-state index contributed by atoms with van der Waals surface area (Å²) >= 11 is 0. The Morgan fingerprint density at radius 3 is 2.50 bits per heavy atom. The molecule has 2 heterocycles. The predicted molar refractivity (Wildman–Crippen MR) is 90.0 cm³/mol. The number of methoxy groups -OCH3 is 1. The number of amides is 1. The first kappa shape index (κ1) is 18.0. The van der Waals surface area contributed by atoms with Crippen LogP contribution >= 0.6 is 0 Å². The van der Waals surface area contributed by atoms with Crippen LogP contribution in [0.1, 0.15) is 35.4 Å². The number of hydrogen-bond acceptors (Lipinski definition) is 6. The maximum atomic E-state index is 13.7. The Morgan fingerprint density at radius 1 is 1.15 bits per heavy atom. The van der Waals surface area contributed by atoms with Crippen molar-refractivity contribution < 1.29 is 18.3 Å². The summed E-state index contributed by atoms with van der Waals surface area (Å²) in [5, 5.41) is 2.43. The lowest BCUT2D eigenvalue weighted by atomic mass is 10.1. The van der Waals surface area contributed by atoms with E-state index in [1.165, 1.54) is 13.2 Å². The fourth-order valence-corrected chi connectivity index (χ4v) is 2.75. The summed E-state index contributed by atoms with van der Waals surface area (Å²) in [4.78, 5) is 26.8. The fraction of sp³-hybridized carbons (Fsp3) is 0.412. The minimum absolute atomic E-state index is 0.105. The van der Waals surface area contributed by atoms with Gasteiger partial charge in [-0.25, -0.2) is 8.78 Å². The van der Waals surface area contributed by atoms with Gasteiger partial charge in [-0.1, -0.05) is 6.07 Å². The van der Waals surface area contributed by atoms with Gasteiger partial charge in [0.15, 0.2) is 5.82 Å². The van der Waals surface area contributed by atoms with E-state index in [0.717, 1.165) is 44.5 Å². The number of nitrogens with one attached hydrogen (secondary N) is 1. The first-order valence-electron chi connectivity index (χ1n) is 8.34. The van der Waals surface area contributed by atoms with Gasteiger partial charge in [0, 0.05) is 13.1 Å². The Hall–Kier alpha value is -2.84. The molecule has 9 heteroatoms. The highest BCUT2D eigenvalue weighted by Gasteiger charge is 2.19. The lowest BCUT2D eigenvalue weighted by Crippen LogP contribution is -2.32. The Labute approximate surface area is 149 Å². The maximum Gasteiger partial charge on any atom is 0.321 e. The van der Waals surface area contributed by atoms with Gasteiger partial charge in [0.05, 0.1) is 13.7 Å². The number of benzene rings is 1. The molecule has 1 aliphatic rings. The van der Waals surface area contributed by atoms with Crippen molar-refractivity contribution >= 4 is 11.9 Å². The third-order valence-electron chi connectivity index (χ3n) is 4.07. The molecule has 7 nitrogen and oxygen atoms in total. The molecule has 1 saturated heterocycles. The molecular weight excluding hydrogens is 344 g/mol. The SMILES string of the molecule is COc1nc(CNC(=O)c2c(F)cccc2F)nc(N2CCCCC2)n1. The lowest BCUT2D eigenvalue weighted by Gasteiger charge is -2.26. The van der Waals surface area contributed by atoms with Crippen LogP contribution in [0.15, 0.2) is 18.2 Å². The summed E-state index contributed by atoms with van der Waals surface area (Å²) in [6, 6.07) is 3.38. The molecule has 0 aliphatic carbocycles. The fourth-order valence-electron chi connectivity index (χ4n) is 2.75. The van der Waals surface area contributed by atoms with Gasteiger partial charge in [0.25, 0.3) is 5.91 Å². The van der Waals surface area contributed by atoms with Gasteiger partial charge in [-0.05, 0) is 31.4 Å². The van der Waals surface area contributed by atoms with Crippen LogP contribution < -0.4 is 15.0 Å². The Balaban J connectivity index is 1.75. The second-order valence-corrected chi connectivity index (χ2v) is 5.87. The van der Waals surface area contributed by atoms with E-state index in [0.29, 0.717) is 5.95 Å². The molecule has 1 aromatic heterocycles. The number of aromatic nitrogens is 3. The summed E-state index contributed by atoms with van der Waals surface area (Å²) in [5.74, 6) is -2.01. The topological polar surface area (TPSA) is 80.2 Å². The zero-order valence-corrected chi connectivity index (χ0v) is 14.3. The average molecular weight is 363 g/mol. The second-order valence-electron chi connectivity index (χ2n) is 5.87. The Morgan fingerprint density at radius 2 is 1.85 bits per heavy atom. The molecule has 0 unspecified atom stereocenters. The van der Waals surface area contributed by atoms with Gasteiger partial charge in [0.1, 0.15) is 17.2 Å². The number of carbonyl (C=O) groups is 1. The van der Waals surface area contributed by atoms with E-state index in [4.69, 9.17) is 4.74 Å². The van der Waals surface area contributed by atoms with Crippen LogP contribution in [0.4, 0.5) is 14.7 Å². The first-order valence-corrected chi connectivity index (χ1v) is 8.34. The van der Waals surface area contributed by atoms with Gasteiger partial charge >= 0.3 is 6.01 Å². The summed E-state index contributed by atoms with van der Waals surface area (Å²) < 4.78 is 32.5. The van der Waals surface area contributed by atoms with Crippen molar-refractivity contribution in [1.29, 1.82) is 0 Å². The molecule has 1 fully saturated rings. The third kappa shape index (κ3) is 4.04. The predicted octanol–water partition coefficient (Wildman–Crippen LogP) is 2.08. The summed E-state index contributed by atoms with van der Waals surface area (Å²) in [6.07, 6.45) is 3.26. The number of anilines is 1. The molecule has 0 spiro atoms. The molecule has 2 aromatic rings. The number of piperidine rings is 1. The largest absolute Gasteiger partial charge is 0.467 e. The summed E-state index contributed by atoms with van der Waals surface area (Å²) in [6.45, 7) is 1.56. The van der Waals surface area contributed by atoms with Crippen LogP contribution in [0.25, 0.3) is 0 Å². The van der Waals surface area contributed by atoms with Gasteiger partial charge in [-0.15, -0.1) is 0 Å². The second kappa shape index (κ2) is 8.03. The molecule has 138 valence electrons. The number of ether oxygens (including phenoxy) is 1. The number of hydrogen-bond donors (Lipinski definition) is 1. The minimum Gasteiger partial charge on any atom is -0.467 e. The molecule has 0 atom stereocenters. The van der Waals surface area contributed by atoms with Gasteiger partial charge in [0.2, 0.25) is 5.95 Å². The average Bonchev–Trinajstić information content (AvgIpc) is 2.66. The number of halogens is 2. The minimum atomic E-state index is -0.926. The van der Waals surface area contributed by atoms with Crippen molar-refractivity contribution in [3.05, 3.63) is 41.2 Å². The monoisotopic (exact) mass is 363 g/mol. The molecule has 1 aliphatic heterocycles. The van der Waals surface area contributed by atoms with Crippen LogP contribution in [0.2, 0.25) is 0 Å². The third-order valence-corrected chi connectivity index (χ3v) is 4.07. The Kier molecular flexibility index (Phi) is 5.55. The zero-order chi connectivity index (χ0) is 18.5. The first-order chi connectivity index (χ1) is 12.6. The quantitative estimate of drug-likeness (QED) is 0.876. The van der Waals surface area contributed by atoms with Crippen molar-refractivity contribution in [1.82, 2.24) is 20.3 Å². The highest BCUT2D eigenvalue weighted by molar-refractivity contribution is 5.94. The van der Waals surface area contributed by atoms with Crippen LogP contribution in [0.3, 0.4) is 0 Å². The summed E-state index contributed by atoms with van der Waals surface area (Å²) in [5.41, 5.74) is -0.634. The molecule has 1 aromatic carbocycles. The van der Waals surface area contributed by atoms with Crippen LogP contribution in [-0.4, -0.2) is 41.1 Å². The molecule has 0 bridgehead atoms. The maximum absolute atomic E-state index is 13.7. The normalized spacial score (nSPS) is 14.2. The van der Waals surface area contributed by atoms with Crippen molar-refractivity contribution in [2.75, 3.05) is 25.1 Å². The molecule has 26 heavy (non-hydrogen) atoms. The molecule has 0 saturated carbocycles. The van der Waals surface area contributed by atoms with Gasteiger partial charge < -0.3 is 15.0 Å². The van der Waals surface area contributed by atoms with Crippen molar-refractivity contribution in [2.45, 2.75) is 25.8 Å². The van der Waals surface area contributed by atoms with E-state index < -0.39 is 23.1 Å². The van der Waals surface area contributed by atoms with Gasteiger partial charge in [-0.2, -0.15) is 15.0 Å². The van der Waals surface area contributed by atoms with E-state index >= 15 is 0 Å². The highest BCUT2D eigenvalue weighted by Crippen LogP contribution is 2.18. The molecule has 1 amide bonds.